The van der Waals surface area contributed by atoms with Gasteiger partial charge in [0.05, 0.1) is 0 Å². The zero-order chi connectivity index (χ0) is 14.5. The van der Waals surface area contributed by atoms with E-state index >= 15 is 0 Å². The van der Waals surface area contributed by atoms with Gasteiger partial charge in [0, 0.05) is 25.0 Å². The molecular formula is C13H23BrN2O3. The Hall–Kier alpha value is -0.780. The van der Waals surface area contributed by atoms with Crippen molar-refractivity contribution in [2.75, 3.05) is 31.5 Å². The number of amides is 2. The average molecular weight is 335 g/mol. The van der Waals surface area contributed by atoms with E-state index in [1.54, 1.807) is 0 Å². The van der Waals surface area contributed by atoms with Crippen LogP contribution in [0.1, 0.15) is 33.6 Å². The van der Waals surface area contributed by atoms with Crippen LogP contribution in [0.2, 0.25) is 0 Å². The van der Waals surface area contributed by atoms with Crippen LogP contribution < -0.4 is 0 Å². The highest BCUT2D eigenvalue weighted by molar-refractivity contribution is 9.09. The molecule has 6 heteroatoms. The Morgan fingerprint density at radius 3 is 2.53 bits per heavy atom. The maximum Gasteiger partial charge on any atom is 0.410 e. The fourth-order valence-corrected chi connectivity index (χ4v) is 2.22. The van der Waals surface area contributed by atoms with Gasteiger partial charge in [-0.1, -0.05) is 15.9 Å². The van der Waals surface area contributed by atoms with Crippen LogP contribution in [0, 0.1) is 0 Å². The molecule has 1 saturated heterocycles. The van der Waals surface area contributed by atoms with Gasteiger partial charge in [0.25, 0.3) is 0 Å². The Kier molecular flexibility index (Phi) is 6.10. The number of carbonyl (C=O) groups is 2. The molecule has 0 aromatic heterocycles. The second-order valence-electron chi connectivity index (χ2n) is 5.68. The number of nitrogens with zero attached hydrogens (tertiary/aromatic N) is 2. The van der Waals surface area contributed by atoms with Crippen LogP contribution in [-0.2, 0) is 9.53 Å². The molecule has 110 valence electrons. The first-order valence-corrected chi connectivity index (χ1v) is 7.77. The molecule has 0 aromatic carbocycles. The number of hydrogen-bond donors (Lipinski definition) is 0. The predicted octanol–water partition coefficient (Wildman–Crippen LogP) is 2.24. The minimum absolute atomic E-state index is 0.00619. The third kappa shape index (κ3) is 5.80. The Labute approximate surface area is 123 Å². The minimum atomic E-state index is -0.521. The summed E-state index contributed by atoms with van der Waals surface area (Å²) in [4.78, 5) is 27.1. The largest absolute Gasteiger partial charge is 0.444 e. The van der Waals surface area contributed by atoms with Crippen molar-refractivity contribution in [1.29, 1.82) is 0 Å². The zero-order valence-corrected chi connectivity index (χ0v) is 13.5. The van der Waals surface area contributed by atoms with Gasteiger partial charge in [-0.05, 0) is 33.6 Å². The summed E-state index contributed by atoms with van der Waals surface area (Å²) in [5, 5.41) is 0.957. The molecule has 0 radical (unpaired) electrons. The summed E-state index contributed by atoms with van der Waals surface area (Å²) >= 11 is 3.37. The maximum absolute atomic E-state index is 11.9. The van der Waals surface area contributed by atoms with E-state index in [9.17, 15) is 9.59 Å². The van der Waals surface area contributed by atoms with Crippen LogP contribution in [0.3, 0.4) is 0 Å². The first-order chi connectivity index (χ1) is 8.83. The van der Waals surface area contributed by atoms with E-state index in [1.165, 1.54) is 4.90 Å². The minimum Gasteiger partial charge on any atom is -0.444 e. The van der Waals surface area contributed by atoms with Gasteiger partial charge >= 0.3 is 6.09 Å². The highest BCUT2D eigenvalue weighted by Gasteiger charge is 2.29. The van der Waals surface area contributed by atoms with Crippen molar-refractivity contribution in [3.8, 4) is 0 Å². The molecule has 1 aliphatic heterocycles. The average Bonchev–Trinajstić information content (AvgIpc) is 2.29. The number of halogens is 1. The Bertz CT molecular complexity index is 328. The van der Waals surface area contributed by atoms with E-state index in [0.29, 0.717) is 13.1 Å². The van der Waals surface area contributed by atoms with Crippen molar-refractivity contribution in [2.45, 2.75) is 39.2 Å². The van der Waals surface area contributed by atoms with Gasteiger partial charge in [0.1, 0.15) is 12.1 Å². The SMILES string of the molecule is CC(C)(C)OC(=O)N1CCN(CCCCBr)C(=O)C1. The molecule has 0 N–H and O–H groups in total. The first kappa shape index (κ1) is 16.3. The highest BCUT2D eigenvalue weighted by atomic mass is 79.9. The van der Waals surface area contributed by atoms with Gasteiger partial charge in [0.2, 0.25) is 5.91 Å². The molecule has 1 aliphatic rings. The van der Waals surface area contributed by atoms with Crippen LogP contribution in [0.4, 0.5) is 4.79 Å². The topological polar surface area (TPSA) is 49.9 Å². The van der Waals surface area contributed by atoms with E-state index in [4.69, 9.17) is 4.74 Å². The molecule has 5 nitrogen and oxygen atoms in total. The first-order valence-electron chi connectivity index (χ1n) is 6.65. The molecule has 2 amide bonds. The zero-order valence-electron chi connectivity index (χ0n) is 11.9. The van der Waals surface area contributed by atoms with Crippen molar-refractivity contribution in [3.05, 3.63) is 0 Å². The Morgan fingerprint density at radius 1 is 1.32 bits per heavy atom. The summed E-state index contributed by atoms with van der Waals surface area (Å²) in [6.45, 7) is 7.51. The molecule has 0 aromatic rings. The van der Waals surface area contributed by atoms with Gasteiger partial charge in [0.15, 0.2) is 0 Å². The Balaban J connectivity index is 2.40. The lowest BCUT2D eigenvalue weighted by Crippen LogP contribution is -2.53. The molecule has 0 unspecified atom stereocenters. The molecule has 0 saturated carbocycles. The number of carbonyl (C=O) groups excluding carboxylic acids is 2. The van der Waals surface area contributed by atoms with Crippen LogP contribution in [0.25, 0.3) is 0 Å². The van der Waals surface area contributed by atoms with E-state index in [1.807, 2.05) is 25.7 Å². The number of rotatable bonds is 4. The van der Waals surface area contributed by atoms with Crippen LogP contribution >= 0.6 is 15.9 Å². The van der Waals surface area contributed by atoms with Crippen molar-refractivity contribution in [1.82, 2.24) is 9.80 Å². The van der Waals surface area contributed by atoms with Crippen molar-refractivity contribution in [2.24, 2.45) is 0 Å². The summed E-state index contributed by atoms with van der Waals surface area (Å²) < 4.78 is 5.27. The predicted molar refractivity (Wildman–Crippen MR) is 77.4 cm³/mol. The normalized spacial score (nSPS) is 16.7. The van der Waals surface area contributed by atoms with E-state index in [-0.39, 0.29) is 12.5 Å². The van der Waals surface area contributed by atoms with Gasteiger partial charge in [-0.3, -0.25) is 9.69 Å². The summed E-state index contributed by atoms with van der Waals surface area (Å²) in [5.74, 6) is 0.00619. The number of unbranched alkanes of at least 4 members (excludes halogenated alkanes) is 1. The van der Waals surface area contributed by atoms with E-state index in [0.717, 1.165) is 24.7 Å². The van der Waals surface area contributed by atoms with E-state index in [2.05, 4.69) is 15.9 Å². The molecule has 1 fully saturated rings. The number of alkyl halides is 1. The second-order valence-corrected chi connectivity index (χ2v) is 6.47. The monoisotopic (exact) mass is 334 g/mol. The summed E-state index contributed by atoms with van der Waals surface area (Å²) in [6, 6.07) is 0. The maximum atomic E-state index is 11.9. The van der Waals surface area contributed by atoms with Crippen molar-refractivity contribution < 1.29 is 14.3 Å². The summed E-state index contributed by atoms with van der Waals surface area (Å²) in [7, 11) is 0. The molecule has 0 atom stereocenters. The smallest absolute Gasteiger partial charge is 0.410 e. The van der Waals surface area contributed by atoms with Gasteiger partial charge < -0.3 is 9.64 Å². The number of hydrogen-bond acceptors (Lipinski definition) is 3. The molecule has 19 heavy (non-hydrogen) atoms. The summed E-state index contributed by atoms with van der Waals surface area (Å²) in [5.41, 5.74) is -0.521. The molecule has 0 bridgehead atoms. The van der Waals surface area contributed by atoms with Gasteiger partial charge in [-0.25, -0.2) is 4.79 Å². The standard InChI is InChI=1S/C13H23BrN2O3/c1-13(2,3)19-12(18)16-9-8-15(11(17)10-16)7-5-4-6-14/h4-10H2,1-3H3. The van der Waals surface area contributed by atoms with E-state index < -0.39 is 11.7 Å². The summed E-state index contributed by atoms with van der Waals surface area (Å²) in [6.07, 6.45) is 1.64. The third-order valence-electron chi connectivity index (χ3n) is 2.78. The highest BCUT2D eigenvalue weighted by Crippen LogP contribution is 2.12. The fraction of sp³-hybridized carbons (Fsp3) is 0.846. The lowest BCUT2D eigenvalue weighted by Gasteiger charge is -2.35. The second kappa shape index (κ2) is 7.12. The van der Waals surface area contributed by atoms with Crippen LogP contribution in [-0.4, -0.2) is 58.9 Å². The van der Waals surface area contributed by atoms with Crippen molar-refractivity contribution in [3.63, 3.8) is 0 Å². The molecular weight excluding hydrogens is 312 g/mol. The Morgan fingerprint density at radius 2 is 2.00 bits per heavy atom. The number of piperazine rings is 1. The molecule has 0 spiro atoms. The lowest BCUT2D eigenvalue weighted by atomic mass is 10.2. The molecule has 0 aliphatic carbocycles. The molecule has 1 rings (SSSR count). The molecule has 1 heterocycles. The lowest BCUT2D eigenvalue weighted by molar-refractivity contribution is -0.135. The van der Waals surface area contributed by atoms with Crippen LogP contribution in [0.15, 0.2) is 0 Å². The third-order valence-corrected chi connectivity index (χ3v) is 3.34. The van der Waals surface area contributed by atoms with Gasteiger partial charge in [-0.2, -0.15) is 0 Å². The van der Waals surface area contributed by atoms with Crippen molar-refractivity contribution >= 4 is 27.9 Å². The quantitative estimate of drug-likeness (QED) is 0.585. The number of ether oxygens (including phenoxy) is 1. The van der Waals surface area contributed by atoms with Crippen LogP contribution in [0.5, 0.6) is 0 Å². The fourth-order valence-electron chi connectivity index (χ4n) is 1.82. The van der Waals surface area contributed by atoms with Gasteiger partial charge in [-0.15, -0.1) is 0 Å².